The maximum absolute atomic E-state index is 6.21. The fourth-order valence-corrected chi connectivity index (χ4v) is 8.92. The second-order valence-electron chi connectivity index (χ2n) is 16.1. The molecule has 10 aromatic rings. The van der Waals surface area contributed by atoms with Gasteiger partial charge >= 0.3 is 0 Å². The van der Waals surface area contributed by atoms with E-state index in [1.165, 1.54) is 33.2 Å². The van der Waals surface area contributed by atoms with Crippen molar-refractivity contribution in [2.75, 3.05) is 4.90 Å². The van der Waals surface area contributed by atoms with Crippen molar-refractivity contribution in [1.82, 2.24) is 0 Å². The van der Waals surface area contributed by atoms with E-state index in [0.717, 1.165) is 66.6 Å². The zero-order chi connectivity index (χ0) is 42.8. The lowest BCUT2D eigenvalue weighted by molar-refractivity contribution is 0.478. The van der Waals surface area contributed by atoms with Gasteiger partial charge in [-0.3, -0.25) is 0 Å². The van der Waals surface area contributed by atoms with E-state index in [2.05, 4.69) is 224 Å². The second kappa shape index (κ2) is 16.7. The first kappa shape index (κ1) is 38.4. The topological polar surface area (TPSA) is 24.8 Å². The Hall–Kier alpha value is -8.53. The van der Waals surface area contributed by atoms with Gasteiger partial charge in [0.15, 0.2) is 0 Å². The van der Waals surface area contributed by atoms with Crippen molar-refractivity contribution in [1.29, 1.82) is 0 Å². The Morgan fingerprint density at radius 3 is 1.69 bits per heavy atom. The number of hydrogen-bond donors (Lipinski definition) is 0. The number of anilines is 3. The van der Waals surface area contributed by atoms with Gasteiger partial charge < -0.3 is 9.64 Å². The van der Waals surface area contributed by atoms with Gasteiger partial charge in [-0.05, 0) is 132 Å². The molecule has 0 spiro atoms. The minimum atomic E-state index is 0.522. The molecule has 64 heavy (non-hydrogen) atoms. The first-order valence-corrected chi connectivity index (χ1v) is 21.6. The molecule has 0 aliphatic carbocycles. The van der Waals surface area contributed by atoms with Crippen LogP contribution in [0.15, 0.2) is 248 Å². The molecule has 0 bridgehead atoms. The van der Waals surface area contributed by atoms with Gasteiger partial charge in [0, 0.05) is 28.2 Å². The molecule has 0 radical (unpaired) electrons. The Bertz CT molecular complexity index is 3420. The number of ether oxygens (including phenoxy) is 1. The second-order valence-corrected chi connectivity index (χ2v) is 16.1. The van der Waals surface area contributed by atoms with Crippen LogP contribution in [0.2, 0.25) is 0 Å². The Morgan fingerprint density at radius 1 is 0.344 bits per heavy atom. The van der Waals surface area contributed by atoms with Crippen molar-refractivity contribution >= 4 is 56.3 Å². The van der Waals surface area contributed by atoms with Crippen molar-refractivity contribution in [2.24, 2.45) is 4.99 Å². The summed E-state index contributed by atoms with van der Waals surface area (Å²) in [6, 6.07) is 82.0. The van der Waals surface area contributed by atoms with Crippen LogP contribution in [-0.2, 0) is 4.74 Å². The van der Waals surface area contributed by atoms with Gasteiger partial charge in [-0.1, -0.05) is 183 Å². The Kier molecular flexibility index (Phi) is 10.0. The van der Waals surface area contributed by atoms with E-state index >= 15 is 0 Å². The Morgan fingerprint density at radius 2 is 0.891 bits per heavy atom. The molecule has 0 aromatic heterocycles. The van der Waals surface area contributed by atoms with E-state index in [0.29, 0.717) is 11.6 Å². The minimum Gasteiger partial charge on any atom is -0.446 e. The highest BCUT2D eigenvalue weighted by molar-refractivity contribution is 6.03. The summed E-state index contributed by atoms with van der Waals surface area (Å²) in [6.07, 6.45) is 3.78. The normalized spacial score (nSPS) is 12.8. The number of nitrogens with zero attached hydrogens (tertiary/aromatic N) is 2. The average Bonchev–Trinajstić information content (AvgIpc) is 3.36. The molecule has 3 nitrogen and oxygen atoms in total. The third-order valence-corrected chi connectivity index (χ3v) is 12.1. The highest BCUT2D eigenvalue weighted by Gasteiger charge is 2.19. The van der Waals surface area contributed by atoms with E-state index in [1.54, 1.807) is 6.26 Å². The van der Waals surface area contributed by atoms with Crippen molar-refractivity contribution in [2.45, 2.75) is 0 Å². The van der Waals surface area contributed by atoms with E-state index < -0.39 is 0 Å². The van der Waals surface area contributed by atoms with Crippen LogP contribution in [-0.4, -0.2) is 5.90 Å². The summed E-state index contributed by atoms with van der Waals surface area (Å²) in [5, 5.41) is 4.59. The molecule has 0 N–H and O–H groups in total. The van der Waals surface area contributed by atoms with Crippen LogP contribution >= 0.6 is 0 Å². The third-order valence-electron chi connectivity index (χ3n) is 12.1. The predicted molar refractivity (Wildman–Crippen MR) is 270 cm³/mol. The molecule has 302 valence electrons. The monoisotopic (exact) mass is 818 g/mol. The number of rotatable bonds is 8. The van der Waals surface area contributed by atoms with Crippen LogP contribution < -0.4 is 4.90 Å². The summed E-state index contributed by atoms with van der Waals surface area (Å²) in [5.74, 6) is 0.522. The van der Waals surface area contributed by atoms with E-state index in [1.807, 2.05) is 24.3 Å². The fraction of sp³-hybridized carbons (Fsp3) is 0. The van der Waals surface area contributed by atoms with Crippen molar-refractivity contribution in [3.63, 3.8) is 0 Å². The smallest absolute Gasteiger partial charge is 0.226 e. The minimum absolute atomic E-state index is 0.522. The van der Waals surface area contributed by atoms with Gasteiger partial charge in [-0.25, -0.2) is 4.99 Å². The van der Waals surface area contributed by atoms with Crippen LogP contribution in [0.1, 0.15) is 16.7 Å². The number of fused-ring (bicyclic) bond motifs is 3. The molecule has 11 rings (SSSR count). The summed E-state index contributed by atoms with van der Waals surface area (Å²) in [6.45, 7) is 4.42. The molecular weight excluding hydrogens is 777 g/mol. The molecule has 0 saturated carbocycles. The Labute approximate surface area is 373 Å². The quantitative estimate of drug-likeness (QED) is 0.153. The van der Waals surface area contributed by atoms with E-state index in [9.17, 15) is 0 Å². The first-order valence-electron chi connectivity index (χ1n) is 21.6. The standard InChI is InChI=1S/C61H42N2O/c1-42-56-25-14-26-57(59(56)35-36-64-61(62-42)52-30-27-44-17-11-12-22-47(44)38-52)51-29-28-50-40-54(32-31-49(50)37-51)63(53-24-13-23-48(39-53)43-15-5-2-6-16-43)55-33-34-58(45-18-7-3-8-19-45)60(41-55)46-20-9-4-10-21-46/h2-41H,1H2/b36-35-,62-61?. The molecule has 0 amide bonds. The fourth-order valence-electron chi connectivity index (χ4n) is 8.92. The van der Waals surface area contributed by atoms with Crippen LogP contribution in [0, 0.1) is 0 Å². The highest BCUT2D eigenvalue weighted by atomic mass is 16.5. The molecule has 1 heterocycles. The van der Waals surface area contributed by atoms with Gasteiger partial charge in [0.05, 0.1) is 12.0 Å². The Balaban J connectivity index is 0.989. The zero-order valence-corrected chi connectivity index (χ0v) is 35.1. The molecule has 0 atom stereocenters. The molecule has 0 saturated heterocycles. The first-order chi connectivity index (χ1) is 31.6. The zero-order valence-electron chi connectivity index (χ0n) is 35.1. The van der Waals surface area contributed by atoms with Gasteiger partial charge in [0.25, 0.3) is 0 Å². The van der Waals surface area contributed by atoms with Gasteiger partial charge in [0.1, 0.15) is 0 Å². The SMILES string of the molecule is C=C1N=C(c2ccc3ccccc3c2)O/C=C\c2c1cccc2-c1ccc2cc(N(c3cccc(-c4ccccc4)c3)c3ccc(-c4ccccc4)c(-c4ccccc4)c3)ccc2c1. The van der Waals surface area contributed by atoms with Gasteiger partial charge in [0.2, 0.25) is 5.90 Å². The highest BCUT2D eigenvalue weighted by Crippen LogP contribution is 2.43. The van der Waals surface area contributed by atoms with Crippen LogP contribution in [0.5, 0.6) is 0 Å². The predicted octanol–water partition coefficient (Wildman–Crippen LogP) is 16.5. The number of hydrogen-bond acceptors (Lipinski definition) is 3. The lowest BCUT2D eigenvalue weighted by atomic mass is 9.92. The van der Waals surface area contributed by atoms with Crippen molar-refractivity contribution in [3.05, 3.63) is 260 Å². The molecule has 1 aliphatic heterocycles. The summed E-state index contributed by atoms with van der Waals surface area (Å²) < 4.78 is 6.21. The van der Waals surface area contributed by atoms with Crippen LogP contribution in [0.4, 0.5) is 17.1 Å². The maximum atomic E-state index is 6.21. The largest absolute Gasteiger partial charge is 0.446 e. The van der Waals surface area contributed by atoms with E-state index in [-0.39, 0.29) is 0 Å². The third kappa shape index (κ3) is 7.46. The van der Waals surface area contributed by atoms with Crippen molar-refractivity contribution in [3.8, 4) is 44.5 Å². The van der Waals surface area contributed by atoms with Crippen LogP contribution in [0.25, 0.3) is 77.8 Å². The molecule has 10 aromatic carbocycles. The van der Waals surface area contributed by atoms with Crippen molar-refractivity contribution < 1.29 is 4.74 Å². The maximum Gasteiger partial charge on any atom is 0.226 e. The molecule has 1 aliphatic rings. The lowest BCUT2D eigenvalue weighted by Crippen LogP contribution is -2.10. The summed E-state index contributed by atoms with van der Waals surface area (Å²) in [5.41, 5.74) is 16.0. The lowest BCUT2D eigenvalue weighted by Gasteiger charge is -2.27. The number of aliphatic imine (C=N–C) groups is 1. The molecule has 3 heteroatoms. The summed E-state index contributed by atoms with van der Waals surface area (Å²) >= 11 is 0. The summed E-state index contributed by atoms with van der Waals surface area (Å²) in [7, 11) is 0. The molecule has 0 fully saturated rings. The van der Waals surface area contributed by atoms with Gasteiger partial charge in [-0.15, -0.1) is 0 Å². The van der Waals surface area contributed by atoms with Gasteiger partial charge in [-0.2, -0.15) is 0 Å². The summed E-state index contributed by atoms with van der Waals surface area (Å²) in [4.78, 5) is 7.30. The molecule has 0 unspecified atom stereocenters. The van der Waals surface area contributed by atoms with Crippen LogP contribution in [0.3, 0.4) is 0 Å². The number of benzene rings is 10. The molecular formula is C61H42N2O. The average molecular weight is 819 g/mol. The van der Waals surface area contributed by atoms with E-state index in [4.69, 9.17) is 9.73 Å².